The van der Waals surface area contributed by atoms with Crippen molar-refractivity contribution in [2.75, 3.05) is 12.3 Å². The molecule has 1 aromatic carbocycles. The number of sulfone groups is 1. The lowest BCUT2D eigenvalue weighted by Crippen LogP contribution is -2.37. The maximum absolute atomic E-state index is 12.5. The molecule has 4 heteroatoms. The van der Waals surface area contributed by atoms with Crippen LogP contribution in [0.3, 0.4) is 0 Å². The lowest BCUT2D eigenvalue weighted by atomic mass is 10.0. The fourth-order valence-corrected chi connectivity index (χ4v) is 4.24. The summed E-state index contributed by atoms with van der Waals surface area (Å²) in [5.41, 5.74) is 1.04. The molecule has 0 aliphatic rings. The summed E-state index contributed by atoms with van der Waals surface area (Å²) in [5.74, 6) is 0.399. The highest BCUT2D eigenvalue weighted by molar-refractivity contribution is 7.92. The summed E-state index contributed by atoms with van der Waals surface area (Å²) < 4.78 is 25.0. The van der Waals surface area contributed by atoms with Crippen molar-refractivity contribution in [3.8, 4) is 0 Å². The number of nitrogens with one attached hydrogen (secondary N) is 1. The van der Waals surface area contributed by atoms with Crippen molar-refractivity contribution >= 4 is 9.84 Å². The molecule has 114 valence electrons. The Morgan fingerprint density at radius 1 is 1.10 bits per heavy atom. The Bertz CT molecular complexity index is 482. The summed E-state index contributed by atoms with van der Waals surface area (Å²) in [7, 11) is -3.10. The van der Waals surface area contributed by atoms with Crippen molar-refractivity contribution in [1.29, 1.82) is 0 Å². The van der Waals surface area contributed by atoms with E-state index >= 15 is 0 Å². The van der Waals surface area contributed by atoms with E-state index in [-0.39, 0.29) is 17.7 Å². The summed E-state index contributed by atoms with van der Waals surface area (Å²) in [6, 6.07) is 9.71. The van der Waals surface area contributed by atoms with Gasteiger partial charge in [0.1, 0.15) is 0 Å². The summed E-state index contributed by atoms with van der Waals surface area (Å²) in [6.45, 7) is 8.62. The lowest BCUT2D eigenvalue weighted by molar-refractivity contribution is 0.494. The van der Waals surface area contributed by atoms with Crippen LogP contribution in [-0.2, 0) is 9.84 Å². The van der Waals surface area contributed by atoms with Gasteiger partial charge in [-0.25, -0.2) is 8.42 Å². The normalized spacial score (nSPS) is 15.2. The van der Waals surface area contributed by atoms with Crippen molar-refractivity contribution in [2.45, 2.75) is 45.4 Å². The quantitative estimate of drug-likeness (QED) is 0.801. The standard InChI is InChI=1S/C16H27NO2S/c1-5-11-17-16(15-9-7-6-8-10-15)14(4)20(18,19)12-13(2)3/h6-10,13-14,16-17H,5,11-12H2,1-4H3. The molecule has 2 atom stereocenters. The van der Waals surface area contributed by atoms with Crippen LogP contribution in [0.5, 0.6) is 0 Å². The SMILES string of the molecule is CCCNC(c1ccccc1)C(C)S(=O)(=O)CC(C)C. The van der Waals surface area contributed by atoms with Gasteiger partial charge in [0.25, 0.3) is 0 Å². The lowest BCUT2D eigenvalue weighted by Gasteiger charge is -2.26. The third-order valence-corrected chi connectivity index (χ3v) is 5.91. The predicted molar refractivity (Wildman–Crippen MR) is 85.6 cm³/mol. The average Bonchev–Trinajstić information content (AvgIpc) is 2.38. The number of benzene rings is 1. The third kappa shape index (κ3) is 4.91. The summed E-state index contributed by atoms with van der Waals surface area (Å²) in [4.78, 5) is 0. The highest BCUT2D eigenvalue weighted by Gasteiger charge is 2.30. The second-order valence-corrected chi connectivity index (χ2v) is 8.17. The Kier molecular flexibility index (Phi) is 6.69. The van der Waals surface area contributed by atoms with E-state index in [4.69, 9.17) is 0 Å². The molecule has 0 aliphatic heterocycles. The monoisotopic (exact) mass is 297 g/mol. The first-order chi connectivity index (χ1) is 9.38. The molecule has 0 spiro atoms. The molecule has 0 aromatic heterocycles. The second kappa shape index (κ2) is 7.79. The van der Waals surface area contributed by atoms with Crippen LogP contribution >= 0.6 is 0 Å². The van der Waals surface area contributed by atoms with Gasteiger partial charge in [-0.3, -0.25) is 0 Å². The van der Waals surface area contributed by atoms with Gasteiger partial charge in [-0.05, 0) is 31.4 Å². The largest absolute Gasteiger partial charge is 0.309 e. The zero-order chi connectivity index (χ0) is 15.2. The van der Waals surface area contributed by atoms with Crippen LogP contribution in [0.2, 0.25) is 0 Å². The van der Waals surface area contributed by atoms with Crippen LogP contribution in [0.1, 0.15) is 45.7 Å². The van der Waals surface area contributed by atoms with Gasteiger partial charge in [0.05, 0.1) is 11.0 Å². The minimum atomic E-state index is -3.10. The summed E-state index contributed by atoms with van der Waals surface area (Å²) in [5, 5.41) is 2.97. The van der Waals surface area contributed by atoms with Gasteiger partial charge >= 0.3 is 0 Å². The zero-order valence-corrected chi connectivity index (χ0v) is 13.8. The number of hydrogen-bond donors (Lipinski definition) is 1. The molecule has 0 radical (unpaired) electrons. The van der Waals surface area contributed by atoms with Gasteiger partial charge in [-0.1, -0.05) is 51.1 Å². The van der Waals surface area contributed by atoms with Crippen molar-refractivity contribution < 1.29 is 8.42 Å². The van der Waals surface area contributed by atoms with Crippen LogP contribution in [-0.4, -0.2) is 26.0 Å². The highest BCUT2D eigenvalue weighted by Crippen LogP contribution is 2.23. The van der Waals surface area contributed by atoms with E-state index in [0.29, 0.717) is 0 Å². The van der Waals surface area contributed by atoms with Gasteiger partial charge in [0.15, 0.2) is 9.84 Å². The summed E-state index contributed by atoms with van der Waals surface area (Å²) in [6.07, 6.45) is 0.986. The van der Waals surface area contributed by atoms with Crippen LogP contribution < -0.4 is 5.32 Å². The van der Waals surface area contributed by atoms with Crippen molar-refractivity contribution in [3.63, 3.8) is 0 Å². The van der Waals surface area contributed by atoms with E-state index in [1.54, 1.807) is 0 Å². The van der Waals surface area contributed by atoms with E-state index in [1.165, 1.54) is 0 Å². The molecule has 0 bridgehead atoms. The summed E-state index contributed by atoms with van der Waals surface area (Å²) >= 11 is 0. The number of rotatable bonds is 8. The molecule has 0 heterocycles. The first-order valence-corrected chi connectivity index (χ1v) is 9.10. The van der Waals surface area contributed by atoms with E-state index in [9.17, 15) is 8.42 Å². The third-order valence-electron chi connectivity index (χ3n) is 3.37. The van der Waals surface area contributed by atoms with E-state index < -0.39 is 15.1 Å². The fourth-order valence-electron chi connectivity index (χ4n) is 2.34. The highest BCUT2D eigenvalue weighted by atomic mass is 32.2. The van der Waals surface area contributed by atoms with Gasteiger partial charge in [0.2, 0.25) is 0 Å². The molecule has 0 saturated carbocycles. The first kappa shape index (κ1) is 17.2. The molecule has 1 aromatic rings. The predicted octanol–water partition coefficient (Wildman–Crippen LogP) is 3.19. The average molecular weight is 297 g/mol. The Balaban J connectivity index is 2.99. The van der Waals surface area contributed by atoms with Crippen LogP contribution in [0, 0.1) is 5.92 Å². The Morgan fingerprint density at radius 3 is 2.20 bits per heavy atom. The van der Waals surface area contributed by atoms with E-state index in [2.05, 4.69) is 12.2 Å². The number of hydrogen-bond acceptors (Lipinski definition) is 3. The molecular formula is C16H27NO2S. The van der Waals surface area contributed by atoms with Gasteiger partial charge in [0, 0.05) is 6.04 Å². The van der Waals surface area contributed by atoms with Crippen molar-refractivity contribution in [3.05, 3.63) is 35.9 Å². The van der Waals surface area contributed by atoms with Crippen LogP contribution in [0.25, 0.3) is 0 Å². The van der Waals surface area contributed by atoms with Gasteiger partial charge in [-0.2, -0.15) is 0 Å². The Morgan fingerprint density at radius 2 is 1.70 bits per heavy atom. The zero-order valence-electron chi connectivity index (χ0n) is 13.0. The fraction of sp³-hybridized carbons (Fsp3) is 0.625. The van der Waals surface area contributed by atoms with Gasteiger partial charge in [-0.15, -0.1) is 0 Å². The van der Waals surface area contributed by atoms with Crippen LogP contribution in [0.15, 0.2) is 30.3 Å². The van der Waals surface area contributed by atoms with Gasteiger partial charge < -0.3 is 5.32 Å². The molecule has 0 saturated heterocycles. The smallest absolute Gasteiger partial charge is 0.155 e. The molecule has 1 rings (SSSR count). The van der Waals surface area contributed by atoms with Crippen molar-refractivity contribution in [2.24, 2.45) is 5.92 Å². The van der Waals surface area contributed by atoms with E-state index in [0.717, 1.165) is 18.5 Å². The molecule has 20 heavy (non-hydrogen) atoms. The first-order valence-electron chi connectivity index (χ1n) is 7.38. The maximum Gasteiger partial charge on any atom is 0.155 e. The Hall–Kier alpha value is -0.870. The molecule has 0 amide bonds. The minimum absolute atomic E-state index is 0.139. The molecular weight excluding hydrogens is 270 g/mol. The minimum Gasteiger partial charge on any atom is -0.309 e. The van der Waals surface area contributed by atoms with Crippen molar-refractivity contribution in [1.82, 2.24) is 5.32 Å². The molecule has 2 unspecified atom stereocenters. The molecule has 0 fully saturated rings. The van der Waals surface area contributed by atoms with Crippen LogP contribution in [0.4, 0.5) is 0 Å². The molecule has 1 N–H and O–H groups in total. The Labute approximate surface area is 123 Å². The maximum atomic E-state index is 12.5. The molecule has 3 nitrogen and oxygen atoms in total. The van der Waals surface area contributed by atoms with E-state index in [1.807, 2.05) is 51.1 Å². The second-order valence-electron chi connectivity index (χ2n) is 5.77. The molecule has 0 aliphatic carbocycles. The topological polar surface area (TPSA) is 46.2 Å².